The number of aromatic nitrogens is 7. The lowest BCUT2D eigenvalue weighted by Crippen LogP contribution is -2.27. The number of hydrogen-bond donors (Lipinski definition) is 3. The van der Waals surface area contributed by atoms with Crippen LogP contribution in [0.4, 0.5) is 5.69 Å². The van der Waals surface area contributed by atoms with Crippen molar-refractivity contribution in [3.8, 4) is 33.2 Å². The summed E-state index contributed by atoms with van der Waals surface area (Å²) in [6.07, 6.45) is 6.71. The first-order valence-corrected chi connectivity index (χ1v) is 12.9. The van der Waals surface area contributed by atoms with Crippen molar-refractivity contribution in [2.75, 3.05) is 26.0 Å². The molecule has 0 aliphatic heterocycles. The number of anilines is 1. The van der Waals surface area contributed by atoms with Crippen LogP contribution in [0.15, 0.2) is 55.1 Å². The number of aromatic amines is 2. The van der Waals surface area contributed by atoms with E-state index >= 15 is 0 Å². The quantitative estimate of drug-likeness (QED) is 0.254. The molecule has 0 aliphatic carbocycles. The molecule has 12 heteroatoms. The number of nitrogens with zero attached hydrogens (tertiary/aromatic N) is 6. The van der Waals surface area contributed by atoms with Crippen LogP contribution in [0.25, 0.3) is 55.3 Å². The molecule has 0 radical (unpaired) electrons. The fourth-order valence-electron chi connectivity index (χ4n) is 4.29. The van der Waals surface area contributed by atoms with Crippen molar-refractivity contribution in [3.63, 3.8) is 0 Å². The van der Waals surface area contributed by atoms with Gasteiger partial charge in [-0.15, -0.1) is 11.3 Å². The Bertz CT molecular complexity index is 1870. The number of carbonyl (C=O) groups is 2. The Balaban J connectivity index is 1.37. The number of H-pyrrole nitrogens is 2. The van der Waals surface area contributed by atoms with Crippen LogP contribution in [0.1, 0.15) is 16.6 Å². The number of imidazole rings is 1. The average Bonchev–Trinajstić information content (AvgIpc) is 3.65. The van der Waals surface area contributed by atoms with Gasteiger partial charge in [0.15, 0.2) is 17.3 Å². The highest BCUT2D eigenvalue weighted by Crippen LogP contribution is 2.35. The lowest BCUT2D eigenvalue weighted by Gasteiger charge is -2.10. The fraction of sp³-hybridized carbons (Fsp3) is 0.148. The van der Waals surface area contributed by atoms with E-state index in [1.54, 1.807) is 36.6 Å². The van der Waals surface area contributed by atoms with Gasteiger partial charge in [0.2, 0.25) is 5.91 Å². The molecule has 1 amide bonds. The van der Waals surface area contributed by atoms with Crippen molar-refractivity contribution in [3.05, 3.63) is 60.0 Å². The van der Waals surface area contributed by atoms with Crippen molar-refractivity contribution in [1.29, 1.82) is 0 Å². The SMILES string of the molecule is CC(=O)c1ccc(-c2ccnc3nc(-c4n[nH]c5cnc(-c6cncc(NC(=O)CN(C)C)c6)cc45)[nH]c23)s1. The molecule has 0 saturated carbocycles. The molecule has 0 aliphatic rings. The summed E-state index contributed by atoms with van der Waals surface area (Å²) < 4.78 is 0. The monoisotopic (exact) mass is 537 g/mol. The molecule has 194 valence electrons. The van der Waals surface area contributed by atoms with Crippen molar-refractivity contribution < 1.29 is 9.59 Å². The molecule has 6 aromatic heterocycles. The summed E-state index contributed by atoms with van der Waals surface area (Å²) in [4.78, 5) is 48.8. The van der Waals surface area contributed by atoms with E-state index in [9.17, 15) is 9.59 Å². The molecule has 0 spiro atoms. The highest BCUT2D eigenvalue weighted by molar-refractivity contribution is 7.17. The van der Waals surface area contributed by atoms with Gasteiger partial charge in [0.1, 0.15) is 5.69 Å². The number of fused-ring (bicyclic) bond motifs is 2. The van der Waals surface area contributed by atoms with Gasteiger partial charge in [-0.25, -0.2) is 9.97 Å². The smallest absolute Gasteiger partial charge is 0.238 e. The molecule has 3 N–H and O–H groups in total. The van der Waals surface area contributed by atoms with Crippen molar-refractivity contribution in [2.24, 2.45) is 0 Å². The summed E-state index contributed by atoms with van der Waals surface area (Å²) in [7, 11) is 3.67. The first kappa shape index (κ1) is 24.5. The maximum Gasteiger partial charge on any atom is 0.238 e. The number of carbonyl (C=O) groups excluding carboxylic acids is 2. The normalized spacial score (nSPS) is 11.5. The van der Waals surface area contributed by atoms with E-state index in [0.29, 0.717) is 33.4 Å². The Morgan fingerprint density at radius 1 is 1.08 bits per heavy atom. The van der Waals surface area contributed by atoms with Gasteiger partial charge in [0.25, 0.3) is 0 Å². The summed E-state index contributed by atoms with van der Waals surface area (Å²) in [5.41, 5.74) is 5.61. The van der Waals surface area contributed by atoms with Gasteiger partial charge >= 0.3 is 0 Å². The van der Waals surface area contributed by atoms with Gasteiger partial charge in [-0.05, 0) is 51.4 Å². The van der Waals surface area contributed by atoms with Crippen LogP contribution in [-0.4, -0.2) is 72.3 Å². The number of thiophene rings is 1. The predicted molar refractivity (Wildman–Crippen MR) is 151 cm³/mol. The van der Waals surface area contributed by atoms with Crippen LogP contribution in [0, 0.1) is 0 Å². The van der Waals surface area contributed by atoms with Crippen molar-refractivity contribution in [2.45, 2.75) is 6.92 Å². The lowest BCUT2D eigenvalue weighted by atomic mass is 10.1. The molecule has 11 nitrogen and oxygen atoms in total. The molecule has 0 bridgehead atoms. The third-order valence-corrected chi connectivity index (χ3v) is 7.28. The van der Waals surface area contributed by atoms with Gasteiger partial charge in [-0.2, -0.15) is 5.10 Å². The molecule has 39 heavy (non-hydrogen) atoms. The summed E-state index contributed by atoms with van der Waals surface area (Å²) >= 11 is 1.44. The van der Waals surface area contributed by atoms with Crippen LogP contribution in [0.2, 0.25) is 0 Å². The van der Waals surface area contributed by atoms with E-state index in [4.69, 9.17) is 4.98 Å². The minimum absolute atomic E-state index is 0.0333. The largest absolute Gasteiger partial charge is 0.335 e. The summed E-state index contributed by atoms with van der Waals surface area (Å²) in [5.74, 6) is 0.461. The minimum Gasteiger partial charge on any atom is -0.335 e. The fourth-order valence-corrected chi connectivity index (χ4v) is 5.22. The molecule has 6 heterocycles. The first-order valence-electron chi connectivity index (χ1n) is 12.1. The number of likely N-dealkylation sites (N-methyl/N-ethyl adjacent to an activating group) is 1. The first-order chi connectivity index (χ1) is 18.9. The van der Waals surface area contributed by atoms with Gasteiger partial charge in [0, 0.05) is 33.8 Å². The maximum atomic E-state index is 12.2. The maximum absolute atomic E-state index is 12.2. The van der Waals surface area contributed by atoms with Gasteiger partial charge in [-0.3, -0.25) is 24.7 Å². The van der Waals surface area contributed by atoms with E-state index in [-0.39, 0.29) is 18.2 Å². The highest BCUT2D eigenvalue weighted by Gasteiger charge is 2.18. The zero-order valence-corrected chi connectivity index (χ0v) is 22.1. The summed E-state index contributed by atoms with van der Waals surface area (Å²) in [5, 5.41) is 11.2. The Morgan fingerprint density at radius 2 is 1.95 bits per heavy atom. The Hall–Kier alpha value is -4.81. The number of ketones is 1. The van der Waals surface area contributed by atoms with Gasteiger partial charge in [-0.1, -0.05) is 0 Å². The Kier molecular flexibility index (Phi) is 6.17. The standard InChI is InChI=1S/C27H23N9O2S/c1-14(37)21-4-5-22(39-21)17-6-7-29-26-24(17)32-27(33-26)25-18-9-19(30-12-20(18)34-35-25)15-8-16(11-28-10-15)31-23(38)13-36(2)3/h4-12H,13H2,1-3H3,(H,31,38)(H,34,35)(H,29,32,33). The van der Waals surface area contributed by atoms with E-state index in [2.05, 4.69) is 35.5 Å². The van der Waals surface area contributed by atoms with Crippen molar-refractivity contribution in [1.82, 2.24) is 40.0 Å². The Morgan fingerprint density at radius 3 is 2.74 bits per heavy atom. The number of amides is 1. The molecule has 0 saturated heterocycles. The molecular formula is C27H23N9O2S. The van der Waals surface area contributed by atoms with Crippen LogP contribution in [0.3, 0.4) is 0 Å². The predicted octanol–water partition coefficient (Wildman–Crippen LogP) is 4.39. The van der Waals surface area contributed by atoms with Gasteiger partial charge in [0.05, 0.1) is 46.2 Å². The Labute approximate surface area is 226 Å². The second-order valence-corrected chi connectivity index (χ2v) is 10.4. The molecule has 6 rings (SSSR count). The zero-order chi connectivity index (χ0) is 27.1. The third kappa shape index (κ3) is 4.78. The third-order valence-electron chi connectivity index (χ3n) is 6.06. The van der Waals surface area contributed by atoms with Gasteiger partial charge < -0.3 is 15.2 Å². The molecule has 0 atom stereocenters. The van der Waals surface area contributed by atoms with Crippen LogP contribution in [-0.2, 0) is 4.79 Å². The number of pyridine rings is 3. The number of hydrogen-bond acceptors (Lipinski definition) is 9. The van der Waals surface area contributed by atoms with E-state index in [1.165, 1.54) is 11.3 Å². The molecule has 0 unspecified atom stereocenters. The highest BCUT2D eigenvalue weighted by atomic mass is 32.1. The number of nitrogens with one attached hydrogen (secondary N) is 3. The lowest BCUT2D eigenvalue weighted by molar-refractivity contribution is -0.116. The summed E-state index contributed by atoms with van der Waals surface area (Å²) in [6, 6.07) is 9.42. The molecular weight excluding hydrogens is 514 g/mol. The van der Waals surface area contributed by atoms with Crippen LogP contribution < -0.4 is 5.32 Å². The molecule has 6 aromatic rings. The van der Waals surface area contributed by atoms with Crippen LogP contribution in [0.5, 0.6) is 0 Å². The molecule has 0 aromatic carbocycles. The second-order valence-electron chi connectivity index (χ2n) is 9.30. The van der Waals surface area contributed by atoms with Crippen molar-refractivity contribution >= 4 is 50.8 Å². The zero-order valence-electron chi connectivity index (χ0n) is 21.3. The topological polar surface area (TPSA) is 145 Å². The second kappa shape index (κ2) is 9.82. The number of Topliss-reactive ketones (excluding diaryl/α,β-unsaturated/α-hetero) is 1. The summed E-state index contributed by atoms with van der Waals surface area (Å²) in [6.45, 7) is 1.83. The van der Waals surface area contributed by atoms with E-state index in [0.717, 1.165) is 32.4 Å². The molecule has 0 fully saturated rings. The van der Waals surface area contributed by atoms with E-state index < -0.39 is 0 Å². The number of rotatable bonds is 7. The average molecular weight is 538 g/mol. The van der Waals surface area contributed by atoms with E-state index in [1.807, 2.05) is 44.4 Å². The minimum atomic E-state index is -0.127. The van der Waals surface area contributed by atoms with Crippen LogP contribution >= 0.6 is 11.3 Å².